The summed E-state index contributed by atoms with van der Waals surface area (Å²) in [7, 11) is 0. The highest BCUT2D eigenvalue weighted by Crippen LogP contribution is 2.31. The third-order valence-corrected chi connectivity index (χ3v) is 4.51. The molecule has 4 rings (SSSR count). The Morgan fingerprint density at radius 2 is 1.54 bits per heavy atom. The average Bonchev–Trinajstić information content (AvgIpc) is 3.06. The molecule has 1 N–H and O–H groups in total. The summed E-state index contributed by atoms with van der Waals surface area (Å²) < 4.78 is 1.26. The second kappa shape index (κ2) is 7.08. The normalized spacial score (nSPS) is 10.8. The van der Waals surface area contributed by atoms with Crippen molar-refractivity contribution in [2.24, 2.45) is 0 Å². The van der Waals surface area contributed by atoms with E-state index in [-0.39, 0.29) is 5.56 Å². The molecule has 138 valence electrons. The molecule has 28 heavy (non-hydrogen) atoms. The van der Waals surface area contributed by atoms with Gasteiger partial charge >= 0.3 is 0 Å². The van der Waals surface area contributed by atoms with E-state index in [0.29, 0.717) is 22.6 Å². The van der Waals surface area contributed by atoms with E-state index in [1.165, 1.54) is 4.68 Å². The lowest BCUT2D eigenvalue weighted by atomic mass is 9.95. The Labute approximate surface area is 161 Å². The maximum atomic E-state index is 13.3. The lowest BCUT2D eigenvalue weighted by Gasteiger charge is -2.13. The largest absolute Gasteiger partial charge is 0.284 e. The first-order valence-electron chi connectivity index (χ1n) is 8.87. The van der Waals surface area contributed by atoms with Crippen LogP contribution in [0.1, 0.15) is 21.7 Å². The lowest BCUT2D eigenvalue weighted by molar-refractivity contribution is 0.0941. The fourth-order valence-electron chi connectivity index (χ4n) is 3.29. The number of hydrogen-bond acceptors (Lipinski definition) is 4. The molecule has 2 heterocycles. The van der Waals surface area contributed by atoms with Crippen LogP contribution < -0.4 is 5.56 Å². The Balaban J connectivity index is 2.04. The van der Waals surface area contributed by atoms with Crippen LogP contribution in [0.25, 0.3) is 22.4 Å². The van der Waals surface area contributed by atoms with Crippen molar-refractivity contribution in [3.05, 3.63) is 94.0 Å². The number of aromatic nitrogens is 4. The molecule has 0 bridgehead atoms. The Kier molecular flexibility index (Phi) is 4.45. The van der Waals surface area contributed by atoms with Crippen LogP contribution >= 0.6 is 0 Å². The van der Waals surface area contributed by atoms with Crippen LogP contribution in [-0.2, 0) is 0 Å². The van der Waals surface area contributed by atoms with Gasteiger partial charge in [-0.15, -0.1) is 0 Å². The van der Waals surface area contributed by atoms with Gasteiger partial charge in [-0.05, 0) is 25.5 Å². The average molecular weight is 370 g/mol. The second-order valence-electron chi connectivity index (χ2n) is 6.53. The third kappa shape index (κ3) is 3.05. The summed E-state index contributed by atoms with van der Waals surface area (Å²) in [6.45, 7) is 3.59. The zero-order valence-electron chi connectivity index (χ0n) is 15.5. The third-order valence-electron chi connectivity index (χ3n) is 4.51. The minimum Gasteiger partial charge on any atom is -0.267 e. The van der Waals surface area contributed by atoms with Gasteiger partial charge in [0.2, 0.25) is 0 Å². The number of nitrogens with one attached hydrogen (secondary N) is 1. The van der Waals surface area contributed by atoms with Crippen LogP contribution in [0, 0.1) is 13.8 Å². The molecule has 4 aromatic rings. The van der Waals surface area contributed by atoms with Gasteiger partial charge in [0.05, 0.1) is 11.4 Å². The highest BCUT2D eigenvalue weighted by atomic mass is 16.2. The summed E-state index contributed by atoms with van der Waals surface area (Å²) in [5, 5.41) is 11.0. The Morgan fingerprint density at radius 3 is 2.11 bits per heavy atom. The van der Waals surface area contributed by atoms with Crippen LogP contribution in [-0.4, -0.2) is 25.9 Å². The highest BCUT2D eigenvalue weighted by molar-refractivity contribution is 6.04. The van der Waals surface area contributed by atoms with E-state index in [4.69, 9.17) is 0 Å². The van der Waals surface area contributed by atoms with E-state index < -0.39 is 11.5 Å². The van der Waals surface area contributed by atoms with Gasteiger partial charge in [0, 0.05) is 16.8 Å². The molecule has 6 heteroatoms. The number of carbonyl (C=O) groups excluding carboxylic acids is 1. The number of nitrogens with zero attached hydrogens (tertiary/aromatic N) is 3. The first-order valence-corrected chi connectivity index (χ1v) is 8.87. The van der Waals surface area contributed by atoms with Crippen molar-refractivity contribution < 1.29 is 4.79 Å². The topological polar surface area (TPSA) is 80.6 Å². The maximum Gasteiger partial charge on any atom is 0.284 e. The Hall–Kier alpha value is -3.80. The fraction of sp³-hybridized carbons (Fsp3) is 0.0909. The van der Waals surface area contributed by atoms with Crippen LogP contribution in [0.4, 0.5) is 0 Å². The molecule has 2 aromatic heterocycles. The number of hydrogen-bond donors (Lipinski definition) is 1. The predicted molar refractivity (Wildman–Crippen MR) is 107 cm³/mol. The SMILES string of the molecule is Cc1cc(C)n(C(=O)c2c(-c3ccccc3)c(-c3ccccc3)n[nH]c2=O)n1. The standard InChI is InChI=1S/C22H18N4O2/c1-14-13-15(2)26(25-14)22(28)19-18(16-9-5-3-6-10-16)20(23-24-21(19)27)17-11-7-4-8-12-17/h3-13H,1-2H3,(H,24,27). The zero-order valence-corrected chi connectivity index (χ0v) is 15.5. The summed E-state index contributed by atoms with van der Waals surface area (Å²) in [6.07, 6.45) is 0. The van der Waals surface area contributed by atoms with E-state index in [0.717, 1.165) is 11.1 Å². The van der Waals surface area contributed by atoms with Gasteiger partial charge in [0.25, 0.3) is 11.5 Å². The molecular weight excluding hydrogens is 352 g/mol. The van der Waals surface area contributed by atoms with Gasteiger partial charge in [-0.3, -0.25) is 9.59 Å². The van der Waals surface area contributed by atoms with Gasteiger partial charge in [-0.1, -0.05) is 60.7 Å². The van der Waals surface area contributed by atoms with Crippen molar-refractivity contribution in [3.8, 4) is 22.4 Å². The quantitative estimate of drug-likeness (QED) is 0.597. The number of carbonyl (C=O) groups is 1. The number of H-pyrrole nitrogens is 1. The van der Waals surface area contributed by atoms with Crippen molar-refractivity contribution >= 4 is 5.91 Å². The van der Waals surface area contributed by atoms with Gasteiger partial charge in [-0.2, -0.15) is 10.2 Å². The van der Waals surface area contributed by atoms with Crippen molar-refractivity contribution in [1.29, 1.82) is 0 Å². The first kappa shape index (κ1) is 17.6. The summed E-state index contributed by atoms with van der Waals surface area (Å²) in [5.41, 5.74) is 3.43. The van der Waals surface area contributed by atoms with Crippen LogP contribution in [0.5, 0.6) is 0 Å². The van der Waals surface area contributed by atoms with E-state index in [9.17, 15) is 9.59 Å². The molecule has 0 aliphatic rings. The fourth-order valence-corrected chi connectivity index (χ4v) is 3.29. The number of benzene rings is 2. The second-order valence-corrected chi connectivity index (χ2v) is 6.53. The Bertz CT molecular complexity index is 1210. The zero-order chi connectivity index (χ0) is 19.7. The van der Waals surface area contributed by atoms with Gasteiger partial charge in [0.1, 0.15) is 5.56 Å². The molecule has 0 spiro atoms. The minimum atomic E-state index is -0.545. The highest BCUT2D eigenvalue weighted by Gasteiger charge is 2.25. The molecule has 0 amide bonds. The van der Waals surface area contributed by atoms with E-state index in [1.54, 1.807) is 19.9 Å². The van der Waals surface area contributed by atoms with Gasteiger partial charge in [-0.25, -0.2) is 9.78 Å². The predicted octanol–water partition coefficient (Wildman–Crippen LogP) is 3.61. The van der Waals surface area contributed by atoms with Crippen molar-refractivity contribution in [2.75, 3.05) is 0 Å². The molecular formula is C22H18N4O2. The molecule has 6 nitrogen and oxygen atoms in total. The molecule has 0 radical (unpaired) electrons. The maximum absolute atomic E-state index is 13.3. The molecule has 0 fully saturated rings. The molecule has 0 aliphatic carbocycles. The summed E-state index contributed by atoms with van der Waals surface area (Å²) >= 11 is 0. The van der Waals surface area contributed by atoms with Crippen LogP contribution in [0.3, 0.4) is 0 Å². The van der Waals surface area contributed by atoms with E-state index in [1.807, 2.05) is 60.7 Å². The minimum absolute atomic E-state index is 0.0197. The molecule has 0 saturated carbocycles. The number of rotatable bonds is 3. The summed E-state index contributed by atoms with van der Waals surface area (Å²) in [4.78, 5) is 26.1. The van der Waals surface area contributed by atoms with Gasteiger partial charge in [0.15, 0.2) is 0 Å². The van der Waals surface area contributed by atoms with Crippen molar-refractivity contribution in [3.63, 3.8) is 0 Å². The molecule has 2 aromatic carbocycles. The summed E-state index contributed by atoms with van der Waals surface area (Å²) in [5.74, 6) is -0.481. The number of aromatic amines is 1. The molecule has 0 unspecified atom stereocenters. The lowest BCUT2D eigenvalue weighted by Crippen LogP contribution is -2.27. The van der Waals surface area contributed by atoms with Crippen LogP contribution in [0.15, 0.2) is 71.5 Å². The molecule has 0 saturated heterocycles. The van der Waals surface area contributed by atoms with E-state index >= 15 is 0 Å². The van der Waals surface area contributed by atoms with Crippen molar-refractivity contribution in [2.45, 2.75) is 13.8 Å². The smallest absolute Gasteiger partial charge is 0.267 e. The van der Waals surface area contributed by atoms with Crippen molar-refractivity contribution in [1.82, 2.24) is 20.0 Å². The monoisotopic (exact) mass is 370 g/mol. The molecule has 0 aliphatic heterocycles. The van der Waals surface area contributed by atoms with Crippen LogP contribution in [0.2, 0.25) is 0 Å². The first-order chi connectivity index (χ1) is 13.6. The Morgan fingerprint density at radius 1 is 0.929 bits per heavy atom. The molecule has 0 atom stereocenters. The van der Waals surface area contributed by atoms with Gasteiger partial charge < -0.3 is 0 Å². The number of aryl methyl sites for hydroxylation is 2. The summed E-state index contributed by atoms with van der Waals surface area (Å²) in [6, 6.07) is 20.6. The van der Waals surface area contributed by atoms with E-state index in [2.05, 4.69) is 15.3 Å².